The van der Waals surface area contributed by atoms with Crippen molar-refractivity contribution in [1.82, 2.24) is 0 Å². The molecule has 0 amide bonds. The number of ether oxygens (including phenoxy) is 1. The maximum atomic E-state index is 13.7. The summed E-state index contributed by atoms with van der Waals surface area (Å²) in [6.45, 7) is 18.9. The number of aliphatic hydroxyl groups excluding tert-OH is 1. The lowest BCUT2D eigenvalue weighted by Crippen LogP contribution is -2.74. The molecular formula is C30H46O3. The molecule has 0 aromatic rings. The van der Waals surface area contributed by atoms with E-state index >= 15 is 0 Å². The Morgan fingerprint density at radius 3 is 2.36 bits per heavy atom. The van der Waals surface area contributed by atoms with Crippen LogP contribution in [0.5, 0.6) is 0 Å². The summed E-state index contributed by atoms with van der Waals surface area (Å²) in [6, 6.07) is 0. The number of allylic oxidation sites excluding steroid dienone is 1. The zero-order valence-corrected chi connectivity index (χ0v) is 21.9. The Kier molecular flexibility index (Phi) is 4.44. The number of fused-ring (bicyclic) bond motifs is 7. The van der Waals surface area contributed by atoms with Gasteiger partial charge in [0.05, 0.1) is 11.5 Å². The standard InChI is InChI=1S/C30H46O3/c1-17(2)18-8-11-27(5)14-15-28(6)19(23(18)27)16-20(31)24-29(28,7)12-9-21-26(3,4)22-10-13-30(21,24)25(32)33-22/h18-24,31H,1,8-16H2,2-7H3/t18-,19+,20+,21-,22+,23+,24-,27+,28+,29+,30+/m0/s1. The van der Waals surface area contributed by atoms with Crippen LogP contribution in [0.25, 0.3) is 0 Å². The van der Waals surface area contributed by atoms with Crippen molar-refractivity contribution in [3.63, 3.8) is 0 Å². The minimum absolute atomic E-state index is 0.00655. The predicted molar refractivity (Wildman–Crippen MR) is 130 cm³/mol. The van der Waals surface area contributed by atoms with Crippen molar-refractivity contribution in [2.75, 3.05) is 0 Å². The van der Waals surface area contributed by atoms with Crippen LogP contribution >= 0.6 is 0 Å². The van der Waals surface area contributed by atoms with Crippen LogP contribution in [-0.2, 0) is 9.53 Å². The Bertz CT molecular complexity index is 906. The van der Waals surface area contributed by atoms with Gasteiger partial charge in [-0.2, -0.15) is 0 Å². The maximum Gasteiger partial charge on any atom is 0.313 e. The zero-order chi connectivity index (χ0) is 23.8. The van der Waals surface area contributed by atoms with Gasteiger partial charge in [-0.3, -0.25) is 4.79 Å². The molecule has 0 aromatic heterocycles. The third kappa shape index (κ3) is 2.40. The van der Waals surface area contributed by atoms with Gasteiger partial charge in [-0.15, -0.1) is 0 Å². The average Bonchev–Trinajstić information content (AvgIpc) is 3.08. The Morgan fingerprint density at radius 2 is 1.70 bits per heavy atom. The molecule has 3 nitrogen and oxygen atoms in total. The molecule has 5 aliphatic carbocycles. The second kappa shape index (κ2) is 6.48. The smallest absolute Gasteiger partial charge is 0.313 e. The largest absolute Gasteiger partial charge is 0.461 e. The van der Waals surface area contributed by atoms with Gasteiger partial charge in [-0.1, -0.05) is 46.8 Å². The summed E-state index contributed by atoms with van der Waals surface area (Å²) in [7, 11) is 0. The van der Waals surface area contributed by atoms with E-state index in [1.165, 1.54) is 31.3 Å². The molecule has 0 aromatic carbocycles. The van der Waals surface area contributed by atoms with Crippen LogP contribution < -0.4 is 0 Å². The van der Waals surface area contributed by atoms with E-state index < -0.39 is 11.5 Å². The second-order valence-corrected chi connectivity index (χ2v) is 14.8. The third-order valence-corrected chi connectivity index (χ3v) is 13.5. The minimum Gasteiger partial charge on any atom is -0.461 e. The van der Waals surface area contributed by atoms with Gasteiger partial charge in [0.2, 0.25) is 0 Å². The predicted octanol–water partition coefficient (Wildman–Crippen LogP) is 6.54. The highest BCUT2D eigenvalue weighted by Gasteiger charge is 2.77. The monoisotopic (exact) mass is 454 g/mol. The lowest BCUT2D eigenvalue weighted by atomic mass is 9.31. The SMILES string of the molecule is C=C(C)[C@@H]1CC[C@]2(C)CC[C@]3(C)[C@H](C[C@@H](O)[C@@H]4[C@]56CC[C@@H](OC5=O)C(C)(C)[C@@H]6CC[C@]43C)[C@@H]12. The lowest BCUT2D eigenvalue weighted by molar-refractivity contribution is -0.303. The third-order valence-electron chi connectivity index (χ3n) is 13.5. The van der Waals surface area contributed by atoms with Crippen molar-refractivity contribution in [3.8, 4) is 0 Å². The lowest BCUT2D eigenvalue weighted by Gasteiger charge is -2.74. The van der Waals surface area contributed by atoms with Crippen molar-refractivity contribution < 1.29 is 14.6 Å². The summed E-state index contributed by atoms with van der Waals surface area (Å²) in [5.74, 6) is 2.08. The summed E-state index contributed by atoms with van der Waals surface area (Å²) in [5.41, 5.74) is 1.34. The number of carbonyl (C=O) groups is 1. The molecule has 2 saturated heterocycles. The van der Waals surface area contributed by atoms with E-state index in [1.807, 2.05) is 0 Å². The van der Waals surface area contributed by atoms with E-state index in [-0.39, 0.29) is 34.2 Å². The van der Waals surface area contributed by atoms with Crippen molar-refractivity contribution >= 4 is 5.97 Å². The first-order valence-corrected chi connectivity index (χ1v) is 13.9. The summed E-state index contributed by atoms with van der Waals surface area (Å²) >= 11 is 0. The Balaban J connectivity index is 1.48. The van der Waals surface area contributed by atoms with Gasteiger partial charge in [0.1, 0.15) is 6.10 Å². The number of esters is 1. The molecule has 0 radical (unpaired) electrons. The summed E-state index contributed by atoms with van der Waals surface area (Å²) in [5, 5.41) is 12.1. The van der Waals surface area contributed by atoms with E-state index in [1.54, 1.807) is 0 Å². The topological polar surface area (TPSA) is 46.5 Å². The minimum atomic E-state index is -0.497. The molecule has 5 saturated carbocycles. The highest BCUT2D eigenvalue weighted by atomic mass is 16.6. The summed E-state index contributed by atoms with van der Waals surface area (Å²) in [6.07, 6.45) is 9.68. The van der Waals surface area contributed by atoms with Crippen LogP contribution in [0.2, 0.25) is 0 Å². The molecule has 184 valence electrons. The highest BCUT2D eigenvalue weighted by molar-refractivity contribution is 5.80. The van der Waals surface area contributed by atoms with E-state index in [9.17, 15) is 9.90 Å². The molecule has 1 N–H and O–H groups in total. The molecule has 33 heavy (non-hydrogen) atoms. The van der Waals surface area contributed by atoms with Crippen molar-refractivity contribution in [2.24, 2.45) is 56.7 Å². The number of aliphatic hydroxyl groups is 1. The number of hydrogen-bond donors (Lipinski definition) is 1. The molecule has 2 aliphatic heterocycles. The van der Waals surface area contributed by atoms with Gasteiger partial charge in [0.25, 0.3) is 0 Å². The molecule has 7 aliphatic rings. The van der Waals surface area contributed by atoms with Crippen molar-refractivity contribution in [1.29, 1.82) is 0 Å². The van der Waals surface area contributed by atoms with Crippen LogP contribution in [-0.4, -0.2) is 23.3 Å². The highest BCUT2D eigenvalue weighted by Crippen LogP contribution is 2.78. The summed E-state index contributed by atoms with van der Waals surface area (Å²) < 4.78 is 6.14. The van der Waals surface area contributed by atoms with Crippen molar-refractivity contribution in [3.05, 3.63) is 12.2 Å². The van der Waals surface area contributed by atoms with Gasteiger partial charge in [-0.05, 0) is 105 Å². The molecule has 7 rings (SSSR count). The van der Waals surface area contributed by atoms with E-state index in [0.29, 0.717) is 29.1 Å². The first kappa shape index (κ1) is 22.6. The Hall–Kier alpha value is -0.830. The van der Waals surface area contributed by atoms with Crippen LogP contribution in [0.3, 0.4) is 0 Å². The summed E-state index contributed by atoms with van der Waals surface area (Å²) in [4.78, 5) is 13.7. The van der Waals surface area contributed by atoms with Gasteiger partial charge in [-0.25, -0.2) is 0 Å². The van der Waals surface area contributed by atoms with Crippen LogP contribution in [0.1, 0.15) is 99.3 Å². The molecule has 2 heterocycles. The second-order valence-electron chi connectivity index (χ2n) is 14.8. The fraction of sp³-hybridized carbons (Fsp3) is 0.900. The van der Waals surface area contributed by atoms with E-state index in [2.05, 4.69) is 48.1 Å². The zero-order valence-electron chi connectivity index (χ0n) is 21.9. The number of carbonyl (C=O) groups excluding carboxylic acids is 1. The maximum absolute atomic E-state index is 13.7. The Morgan fingerprint density at radius 1 is 0.970 bits per heavy atom. The van der Waals surface area contributed by atoms with E-state index in [0.717, 1.165) is 32.1 Å². The van der Waals surface area contributed by atoms with Gasteiger partial charge >= 0.3 is 5.97 Å². The molecular weight excluding hydrogens is 408 g/mol. The van der Waals surface area contributed by atoms with Crippen molar-refractivity contribution in [2.45, 2.75) is 112 Å². The number of rotatable bonds is 1. The van der Waals surface area contributed by atoms with Crippen LogP contribution in [0, 0.1) is 56.7 Å². The van der Waals surface area contributed by atoms with E-state index in [4.69, 9.17) is 4.74 Å². The molecule has 7 fully saturated rings. The first-order chi connectivity index (χ1) is 15.3. The average molecular weight is 455 g/mol. The molecule has 11 atom stereocenters. The molecule has 3 heteroatoms. The van der Waals surface area contributed by atoms with Crippen LogP contribution in [0.4, 0.5) is 0 Å². The van der Waals surface area contributed by atoms with Gasteiger partial charge in [0, 0.05) is 11.3 Å². The molecule has 0 unspecified atom stereocenters. The first-order valence-electron chi connectivity index (χ1n) is 13.9. The van der Waals surface area contributed by atoms with Gasteiger partial charge in [0.15, 0.2) is 0 Å². The fourth-order valence-corrected chi connectivity index (χ4v) is 11.8. The molecule has 2 bridgehead atoms. The Labute approximate surface area is 201 Å². The van der Waals surface area contributed by atoms with Gasteiger partial charge < -0.3 is 9.84 Å². The fourth-order valence-electron chi connectivity index (χ4n) is 11.8. The molecule has 1 spiro atoms. The van der Waals surface area contributed by atoms with Crippen LogP contribution in [0.15, 0.2) is 12.2 Å². The quantitative estimate of drug-likeness (QED) is 0.361. The normalized spacial score (nSPS) is 58.5. The number of hydrogen-bond acceptors (Lipinski definition) is 3.